The number of nitrogens with one attached hydrogen (secondary N) is 1. The van der Waals surface area contributed by atoms with Crippen molar-refractivity contribution < 1.29 is 4.79 Å². The van der Waals surface area contributed by atoms with Gasteiger partial charge in [-0.3, -0.25) is 4.79 Å². The molecule has 0 aromatic carbocycles. The van der Waals surface area contributed by atoms with Crippen LogP contribution in [0.3, 0.4) is 0 Å². The molecule has 0 atom stereocenters. The third kappa shape index (κ3) is 4.73. The predicted octanol–water partition coefficient (Wildman–Crippen LogP) is 2.41. The summed E-state index contributed by atoms with van der Waals surface area (Å²) >= 11 is 0. The first-order valence-corrected chi connectivity index (χ1v) is 7.75. The number of amides is 1. The summed E-state index contributed by atoms with van der Waals surface area (Å²) in [7, 11) is 3.52. The van der Waals surface area contributed by atoms with E-state index in [0.29, 0.717) is 5.92 Å². The maximum absolute atomic E-state index is 11.8. The standard InChI is InChI=1S/C16H32N4O.HI/c1-12(2)9-17-14(18-10-13(21)19(7)8)20-11-15(3,4)16(20,5)6;/h12H,9-11H2,1-8H3,(H,17,18);1H. The van der Waals surface area contributed by atoms with Crippen molar-refractivity contribution in [3.8, 4) is 0 Å². The zero-order valence-corrected chi connectivity index (χ0v) is 17.7. The first kappa shape index (κ1) is 21.5. The van der Waals surface area contributed by atoms with E-state index in [0.717, 1.165) is 19.0 Å². The molecule has 6 heteroatoms. The molecule has 5 nitrogen and oxygen atoms in total. The Morgan fingerprint density at radius 1 is 1.27 bits per heavy atom. The van der Waals surface area contributed by atoms with Gasteiger partial charge in [-0.15, -0.1) is 24.0 Å². The van der Waals surface area contributed by atoms with Crippen molar-refractivity contribution in [2.45, 2.75) is 47.1 Å². The number of aliphatic imine (C=N–C) groups is 1. The number of rotatable bonds is 4. The average molecular weight is 424 g/mol. The van der Waals surface area contributed by atoms with Gasteiger partial charge in [-0.1, -0.05) is 27.7 Å². The lowest BCUT2D eigenvalue weighted by atomic mass is 9.65. The molecule has 0 spiro atoms. The Morgan fingerprint density at radius 3 is 2.18 bits per heavy atom. The quantitative estimate of drug-likeness (QED) is 0.429. The minimum atomic E-state index is 0. The molecule has 0 bridgehead atoms. The predicted molar refractivity (Wildman–Crippen MR) is 104 cm³/mol. The van der Waals surface area contributed by atoms with Crippen LogP contribution < -0.4 is 5.32 Å². The summed E-state index contributed by atoms with van der Waals surface area (Å²) < 4.78 is 0. The van der Waals surface area contributed by atoms with Gasteiger partial charge in [0.2, 0.25) is 5.91 Å². The third-order valence-electron chi connectivity index (χ3n) is 4.67. The summed E-state index contributed by atoms with van der Waals surface area (Å²) in [5, 5.41) is 3.41. The first-order valence-electron chi connectivity index (χ1n) is 7.75. The van der Waals surface area contributed by atoms with Crippen LogP contribution in [0.25, 0.3) is 0 Å². The van der Waals surface area contributed by atoms with E-state index >= 15 is 0 Å². The van der Waals surface area contributed by atoms with E-state index in [9.17, 15) is 4.79 Å². The molecular weight excluding hydrogens is 391 g/mol. The van der Waals surface area contributed by atoms with Gasteiger partial charge >= 0.3 is 0 Å². The summed E-state index contributed by atoms with van der Waals surface area (Å²) in [5.41, 5.74) is 0.288. The second-order valence-electron chi connectivity index (χ2n) is 7.73. The Bertz CT molecular complexity index is 416. The number of nitrogens with zero attached hydrogens (tertiary/aromatic N) is 3. The second-order valence-corrected chi connectivity index (χ2v) is 7.73. The van der Waals surface area contributed by atoms with Crippen LogP contribution >= 0.6 is 24.0 Å². The summed E-state index contributed by atoms with van der Waals surface area (Å²) in [6, 6.07) is 0. The minimum Gasteiger partial charge on any atom is -0.356 e. The van der Waals surface area contributed by atoms with E-state index in [1.807, 2.05) is 0 Å². The molecule has 0 aromatic rings. The van der Waals surface area contributed by atoms with Crippen molar-refractivity contribution in [2.75, 3.05) is 33.7 Å². The topological polar surface area (TPSA) is 47.9 Å². The number of hydrogen-bond donors (Lipinski definition) is 1. The number of halogens is 1. The fourth-order valence-electron chi connectivity index (χ4n) is 2.22. The van der Waals surface area contributed by atoms with Crippen molar-refractivity contribution >= 4 is 35.8 Å². The van der Waals surface area contributed by atoms with Gasteiger partial charge in [-0.2, -0.15) is 0 Å². The maximum atomic E-state index is 11.8. The number of likely N-dealkylation sites (tertiary alicyclic amines) is 1. The second kappa shape index (κ2) is 7.84. The molecule has 1 saturated heterocycles. The van der Waals surface area contributed by atoms with Crippen LogP contribution in [-0.4, -0.2) is 60.9 Å². The Morgan fingerprint density at radius 2 is 1.82 bits per heavy atom. The van der Waals surface area contributed by atoms with E-state index in [1.165, 1.54) is 0 Å². The highest BCUT2D eigenvalue weighted by molar-refractivity contribution is 14.0. The lowest BCUT2D eigenvalue weighted by Crippen LogP contribution is -2.72. The smallest absolute Gasteiger partial charge is 0.243 e. The van der Waals surface area contributed by atoms with Gasteiger partial charge in [0.15, 0.2) is 5.96 Å². The molecule has 1 fully saturated rings. The fraction of sp³-hybridized carbons (Fsp3) is 0.875. The van der Waals surface area contributed by atoms with E-state index in [1.54, 1.807) is 19.0 Å². The number of likely N-dealkylation sites (N-methyl/N-ethyl adjacent to an activating group) is 1. The molecule has 1 amide bonds. The van der Waals surface area contributed by atoms with Crippen LogP contribution in [0.15, 0.2) is 4.99 Å². The zero-order valence-electron chi connectivity index (χ0n) is 15.4. The summed E-state index contributed by atoms with van der Waals surface area (Å²) in [4.78, 5) is 20.2. The molecule has 0 aromatic heterocycles. The van der Waals surface area contributed by atoms with Crippen LogP contribution in [0.5, 0.6) is 0 Å². The summed E-state index contributed by atoms with van der Waals surface area (Å²) in [6.07, 6.45) is 0. The number of hydrogen-bond acceptors (Lipinski definition) is 2. The Kier molecular flexibility index (Phi) is 7.65. The highest BCUT2D eigenvalue weighted by Gasteiger charge is 2.53. The van der Waals surface area contributed by atoms with Crippen molar-refractivity contribution in [2.24, 2.45) is 16.3 Å². The summed E-state index contributed by atoms with van der Waals surface area (Å²) in [5.74, 6) is 1.41. The molecule has 1 N–H and O–H groups in total. The van der Waals surface area contributed by atoms with Gasteiger partial charge < -0.3 is 15.1 Å². The van der Waals surface area contributed by atoms with Gasteiger partial charge in [0, 0.05) is 38.1 Å². The Balaban J connectivity index is 0.00000441. The maximum Gasteiger partial charge on any atom is 0.243 e. The van der Waals surface area contributed by atoms with E-state index in [-0.39, 0.29) is 47.4 Å². The van der Waals surface area contributed by atoms with Crippen molar-refractivity contribution in [3.63, 3.8) is 0 Å². The Hall–Kier alpha value is -0.530. The van der Waals surface area contributed by atoms with Gasteiger partial charge in [0.05, 0.1) is 0 Å². The average Bonchev–Trinajstić information content (AvgIpc) is 2.36. The molecule has 130 valence electrons. The molecule has 0 aliphatic carbocycles. The highest BCUT2D eigenvalue weighted by Crippen LogP contribution is 2.46. The van der Waals surface area contributed by atoms with E-state index < -0.39 is 0 Å². The monoisotopic (exact) mass is 424 g/mol. The third-order valence-corrected chi connectivity index (χ3v) is 4.67. The van der Waals surface area contributed by atoms with E-state index in [2.05, 4.69) is 56.8 Å². The molecule has 1 aliphatic rings. The van der Waals surface area contributed by atoms with Crippen LogP contribution in [-0.2, 0) is 4.79 Å². The largest absolute Gasteiger partial charge is 0.356 e. The molecule has 22 heavy (non-hydrogen) atoms. The van der Waals surface area contributed by atoms with Gasteiger partial charge in [-0.25, -0.2) is 4.99 Å². The van der Waals surface area contributed by atoms with Gasteiger partial charge in [0.1, 0.15) is 6.54 Å². The molecule has 1 heterocycles. The molecule has 1 rings (SSSR count). The fourth-order valence-corrected chi connectivity index (χ4v) is 2.22. The zero-order chi connectivity index (χ0) is 16.4. The SMILES string of the molecule is CC(C)CNC(=NCC(=O)N(C)C)N1CC(C)(C)C1(C)C.I. The molecule has 1 aliphatic heterocycles. The number of carbonyl (C=O) groups is 1. The van der Waals surface area contributed by atoms with Gasteiger partial charge in [0.25, 0.3) is 0 Å². The Labute approximate surface area is 152 Å². The minimum absolute atomic E-state index is 0. The van der Waals surface area contributed by atoms with Crippen LogP contribution in [0.2, 0.25) is 0 Å². The van der Waals surface area contributed by atoms with Crippen molar-refractivity contribution in [1.82, 2.24) is 15.1 Å². The van der Waals surface area contributed by atoms with Crippen LogP contribution in [0, 0.1) is 11.3 Å². The molecule has 0 saturated carbocycles. The first-order chi connectivity index (χ1) is 9.49. The normalized spacial score (nSPS) is 19.3. The molecule has 0 unspecified atom stereocenters. The highest BCUT2D eigenvalue weighted by atomic mass is 127. The lowest BCUT2D eigenvalue weighted by Gasteiger charge is -2.62. The van der Waals surface area contributed by atoms with Crippen LogP contribution in [0.4, 0.5) is 0 Å². The number of carbonyl (C=O) groups excluding carboxylic acids is 1. The molecule has 0 radical (unpaired) electrons. The molecular formula is C16H33IN4O. The summed E-state index contributed by atoms with van der Waals surface area (Å²) in [6.45, 7) is 15.4. The number of guanidine groups is 1. The van der Waals surface area contributed by atoms with Crippen LogP contribution in [0.1, 0.15) is 41.5 Å². The lowest BCUT2D eigenvalue weighted by molar-refractivity contribution is -0.127. The van der Waals surface area contributed by atoms with E-state index in [4.69, 9.17) is 0 Å². The van der Waals surface area contributed by atoms with Crippen molar-refractivity contribution in [1.29, 1.82) is 0 Å². The van der Waals surface area contributed by atoms with Crippen molar-refractivity contribution in [3.05, 3.63) is 0 Å². The van der Waals surface area contributed by atoms with Gasteiger partial charge in [-0.05, 0) is 19.8 Å².